The zero-order valence-electron chi connectivity index (χ0n) is 10.00. The van der Waals surface area contributed by atoms with E-state index in [4.69, 9.17) is 4.74 Å². The van der Waals surface area contributed by atoms with Crippen LogP contribution in [0.2, 0.25) is 0 Å². The Hall–Kier alpha value is -0.380. The second-order valence-corrected chi connectivity index (χ2v) is 5.69. The lowest BCUT2D eigenvalue weighted by Gasteiger charge is -2.27. The van der Waals surface area contributed by atoms with Gasteiger partial charge in [-0.15, -0.1) is 11.3 Å². The summed E-state index contributed by atoms with van der Waals surface area (Å²) in [6.07, 6.45) is 3.66. The van der Waals surface area contributed by atoms with Crippen molar-refractivity contribution in [1.82, 2.24) is 5.32 Å². The van der Waals surface area contributed by atoms with E-state index in [-0.39, 0.29) is 0 Å². The van der Waals surface area contributed by atoms with Crippen molar-refractivity contribution in [3.05, 3.63) is 22.4 Å². The third-order valence-electron chi connectivity index (χ3n) is 3.42. The van der Waals surface area contributed by atoms with Gasteiger partial charge in [-0.1, -0.05) is 13.0 Å². The average Bonchev–Trinajstić information content (AvgIpc) is 2.96. The first-order valence-corrected chi connectivity index (χ1v) is 7.03. The average molecular weight is 239 g/mol. The normalized spacial score (nSPS) is 25.1. The Kier molecular flexibility index (Phi) is 4.38. The number of nitrogens with one attached hydrogen (secondary N) is 1. The fraction of sp³-hybridized carbons (Fsp3) is 0.692. The lowest BCUT2D eigenvalue weighted by atomic mass is 9.82. The van der Waals surface area contributed by atoms with Crippen LogP contribution in [0.5, 0.6) is 0 Å². The molecule has 2 nitrogen and oxygen atoms in total. The van der Waals surface area contributed by atoms with E-state index in [0.717, 1.165) is 26.3 Å². The Bertz CT molecular complexity index is 291. The van der Waals surface area contributed by atoms with E-state index in [1.165, 1.54) is 24.1 Å². The Balaban J connectivity index is 1.87. The summed E-state index contributed by atoms with van der Waals surface area (Å²) in [4.78, 5) is 1.50. The molecule has 0 spiro atoms. The van der Waals surface area contributed by atoms with Crippen LogP contribution in [0, 0.1) is 5.41 Å². The van der Waals surface area contributed by atoms with Crippen LogP contribution in [-0.4, -0.2) is 26.3 Å². The molecule has 0 aliphatic carbocycles. The van der Waals surface area contributed by atoms with E-state index in [0.29, 0.717) is 5.41 Å². The zero-order chi connectivity index (χ0) is 11.3. The van der Waals surface area contributed by atoms with E-state index >= 15 is 0 Å². The highest BCUT2D eigenvalue weighted by atomic mass is 32.1. The fourth-order valence-corrected chi connectivity index (χ4v) is 3.02. The third-order valence-corrected chi connectivity index (χ3v) is 4.35. The number of rotatable bonds is 6. The molecule has 1 N–H and O–H groups in total. The standard InChI is InChI=1S/C13H21NOS/c1-2-14-10-13(7-8-15-11-13)6-5-12-4-3-9-16-12/h3-4,9,14H,2,5-8,10-11H2,1H3. The summed E-state index contributed by atoms with van der Waals surface area (Å²) in [5.41, 5.74) is 0.389. The van der Waals surface area contributed by atoms with Gasteiger partial charge >= 0.3 is 0 Å². The Labute approximate surface area is 102 Å². The van der Waals surface area contributed by atoms with Crippen molar-refractivity contribution >= 4 is 11.3 Å². The van der Waals surface area contributed by atoms with Gasteiger partial charge in [-0.3, -0.25) is 0 Å². The summed E-state index contributed by atoms with van der Waals surface area (Å²) in [6.45, 7) is 6.21. The molecule has 1 aromatic heterocycles. The maximum atomic E-state index is 5.59. The minimum atomic E-state index is 0.389. The molecule has 0 bridgehead atoms. The van der Waals surface area contributed by atoms with Crippen LogP contribution in [0.1, 0.15) is 24.6 Å². The van der Waals surface area contributed by atoms with Crippen LogP contribution >= 0.6 is 11.3 Å². The lowest BCUT2D eigenvalue weighted by molar-refractivity contribution is 0.144. The summed E-state index contributed by atoms with van der Waals surface area (Å²) in [6, 6.07) is 4.38. The zero-order valence-corrected chi connectivity index (χ0v) is 10.8. The van der Waals surface area contributed by atoms with Gasteiger partial charge < -0.3 is 10.1 Å². The largest absolute Gasteiger partial charge is 0.381 e. The molecule has 0 aromatic carbocycles. The van der Waals surface area contributed by atoms with Crippen molar-refractivity contribution in [2.24, 2.45) is 5.41 Å². The smallest absolute Gasteiger partial charge is 0.0535 e. The molecule has 16 heavy (non-hydrogen) atoms. The summed E-state index contributed by atoms with van der Waals surface area (Å²) < 4.78 is 5.59. The number of hydrogen-bond acceptors (Lipinski definition) is 3. The van der Waals surface area contributed by atoms with E-state index in [2.05, 4.69) is 29.8 Å². The van der Waals surface area contributed by atoms with Crippen LogP contribution in [0.15, 0.2) is 17.5 Å². The molecule has 0 amide bonds. The van der Waals surface area contributed by atoms with Crippen molar-refractivity contribution in [1.29, 1.82) is 0 Å². The fourth-order valence-electron chi connectivity index (χ4n) is 2.31. The molecule has 90 valence electrons. The maximum absolute atomic E-state index is 5.59. The number of aryl methyl sites for hydroxylation is 1. The maximum Gasteiger partial charge on any atom is 0.0535 e. The molecule has 1 unspecified atom stereocenters. The molecule has 0 radical (unpaired) electrons. The van der Waals surface area contributed by atoms with Crippen LogP contribution in [0.3, 0.4) is 0 Å². The first kappa shape index (κ1) is 12.1. The lowest BCUT2D eigenvalue weighted by Crippen LogP contribution is -2.35. The number of thiophene rings is 1. The van der Waals surface area contributed by atoms with Crippen molar-refractivity contribution < 1.29 is 4.74 Å². The molecule has 2 rings (SSSR count). The molecule has 1 atom stereocenters. The van der Waals surface area contributed by atoms with Crippen molar-refractivity contribution in [2.45, 2.75) is 26.2 Å². The quantitative estimate of drug-likeness (QED) is 0.824. The summed E-state index contributed by atoms with van der Waals surface area (Å²) in [7, 11) is 0. The van der Waals surface area contributed by atoms with Crippen LogP contribution in [0.4, 0.5) is 0 Å². The molecule has 2 heterocycles. The van der Waals surface area contributed by atoms with Crippen LogP contribution < -0.4 is 5.32 Å². The van der Waals surface area contributed by atoms with Gasteiger partial charge in [-0.2, -0.15) is 0 Å². The molecule has 1 saturated heterocycles. The number of hydrogen-bond donors (Lipinski definition) is 1. The first-order valence-electron chi connectivity index (χ1n) is 6.15. The second kappa shape index (κ2) is 5.80. The van der Waals surface area contributed by atoms with Gasteiger partial charge in [0, 0.05) is 23.4 Å². The van der Waals surface area contributed by atoms with Crippen LogP contribution in [0.25, 0.3) is 0 Å². The SMILES string of the molecule is CCNCC1(CCc2cccs2)CCOC1. The third kappa shape index (κ3) is 3.06. The summed E-state index contributed by atoms with van der Waals surface area (Å²) in [5, 5.41) is 5.65. The summed E-state index contributed by atoms with van der Waals surface area (Å²) >= 11 is 1.87. The van der Waals surface area contributed by atoms with Crippen molar-refractivity contribution in [3.63, 3.8) is 0 Å². The van der Waals surface area contributed by atoms with Gasteiger partial charge in [0.25, 0.3) is 0 Å². The predicted molar refractivity (Wildman–Crippen MR) is 69.1 cm³/mol. The number of ether oxygens (including phenoxy) is 1. The minimum absolute atomic E-state index is 0.389. The van der Waals surface area contributed by atoms with E-state index < -0.39 is 0 Å². The van der Waals surface area contributed by atoms with Gasteiger partial charge in [0.05, 0.1) is 6.61 Å². The van der Waals surface area contributed by atoms with Crippen molar-refractivity contribution in [2.75, 3.05) is 26.3 Å². The Morgan fingerprint density at radius 3 is 3.12 bits per heavy atom. The molecular weight excluding hydrogens is 218 g/mol. The highest BCUT2D eigenvalue weighted by molar-refractivity contribution is 7.09. The topological polar surface area (TPSA) is 21.3 Å². The first-order chi connectivity index (χ1) is 7.85. The van der Waals surface area contributed by atoms with E-state index in [1.54, 1.807) is 0 Å². The highest BCUT2D eigenvalue weighted by Gasteiger charge is 2.33. The molecule has 1 fully saturated rings. The summed E-state index contributed by atoms with van der Waals surface area (Å²) in [5.74, 6) is 0. The van der Waals surface area contributed by atoms with Crippen molar-refractivity contribution in [3.8, 4) is 0 Å². The molecular formula is C13H21NOS. The Morgan fingerprint density at radius 1 is 1.56 bits per heavy atom. The molecule has 1 aromatic rings. The van der Waals surface area contributed by atoms with E-state index in [1.807, 2.05) is 11.3 Å². The molecule has 1 aliphatic heterocycles. The molecule has 3 heteroatoms. The van der Waals surface area contributed by atoms with Gasteiger partial charge in [-0.25, -0.2) is 0 Å². The van der Waals surface area contributed by atoms with Gasteiger partial charge in [0.15, 0.2) is 0 Å². The van der Waals surface area contributed by atoms with Gasteiger partial charge in [0.2, 0.25) is 0 Å². The molecule has 0 saturated carbocycles. The predicted octanol–water partition coefficient (Wildman–Crippen LogP) is 2.70. The van der Waals surface area contributed by atoms with Gasteiger partial charge in [0.1, 0.15) is 0 Å². The molecule has 1 aliphatic rings. The highest BCUT2D eigenvalue weighted by Crippen LogP contribution is 2.33. The second-order valence-electron chi connectivity index (χ2n) is 4.66. The minimum Gasteiger partial charge on any atom is -0.381 e. The van der Waals surface area contributed by atoms with E-state index in [9.17, 15) is 0 Å². The Morgan fingerprint density at radius 2 is 2.50 bits per heavy atom. The van der Waals surface area contributed by atoms with Crippen LogP contribution in [-0.2, 0) is 11.2 Å². The van der Waals surface area contributed by atoms with Gasteiger partial charge in [-0.05, 0) is 37.3 Å². The monoisotopic (exact) mass is 239 g/mol.